The van der Waals surface area contributed by atoms with E-state index < -0.39 is 0 Å². The number of benzene rings is 1. The first-order chi connectivity index (χ1) is 9.54. The van der Waals surface area contributed by atoms with Crippen LogP contribution in [-0.4, -0.2) is 29.1 Å². The zero-order valence-electron chi connectivity index (χ0n) is 12.8. The van der Waals surface area contributed by atoms with Crippen LogP contribution in [0.5, 0.6) is 0 Å². The van der Waals surface area contributed by atoms with Crippen molar-refractivity contribution >= 4 is 0 Å². The van der Waals surface area contributed by atoms with E-state index in [1.807, 2.05) is 19.0 Å². The summed E-state index contributed by atoms with van der Waals surface area (Å²) in [4.78, 5) is 6.41. The molecule has 108 valence electrons. The van der Waals surface area contributed by atoms with E-state index in [-0.39, 0.29) is 0 Å². The fourth-order valence-electron chi connectivity index (χ4n) is 1.98. The summed E-state index contributed by atoms with van der Waals surface area (Å²) in [5.41, 5.74) is 2.37. The van der Waals surface area contributed by atoms with Gasteiger partial charge in [0, 0.05) is 5.56 Å². The van der Waals surface area contributed by atoms with Gasteiger partial charge in [0.2, 0.25) is 11.7 Å². The minimum absolute atomic E-state index is 0.647. The highest BCUT2D eigenvalue weighted by atomic mass is 16.5. The van der Waals surface area contributed by atoms with E-state index >= 15 is 0 Å². The van der Waals surface area contributed by atoms with Gasteiger partial charge in [-0.25, -0.2) is 0 Å². The van der Waals surface area contributed by atoms with E-state index in [0.29, 0.717) is 18.3 Å². The highest BCUT2D eigenvalue weighted by Crippen LogP contribution is 2.18. The lowest BCUT2D eigenvalue weighted by molar-refractivity contribution is 0.303. The number of hydrogen-bond acceptors (Lipinski definition) is 4. The quantitative estimate of drug-likeness (QED) is 0.809. The SMILES string of the molecule is CC(C)CCc1ccc(-c2noc(CN(C)C)n2)cc1. The van der Waals surface area contributed by atoms with Crippen molar-refractivity contribution in [2.45, 2.75) is 33.2 Å². The molecule has 0 saturated carbocycles. The summed E-state index contributed by atoms with van der Waals surface area (Å²) in [7, 11) is 3.96. The molecule has 0 spiro atoms. The topological polar surface area (TPSA) is 42.2 Å². The van der Waals surface area contributed by atoms with E-state index in [2.05, 4.69) is 48.3 Å². The normalized spacial score (nSPS) is 11.5. The zero-order valence-corrected chi connectivity index (χ0v) is 12.8. The van der Waals surface area contributed by atoms with Gasteiger partial charge in [-0.15, -0.1) is 0 Å². The molecule has 0 saturated heterocycles. The molecule has 0 radical (unpaired) electrons. The Morgan fingerprint density at radius 2 is 1.85 bits per heavy atom. The molecule has 0 aliphatic carbocycles. The van der Waals surface area contributed by atoms with E-state index in [9.17, 15) is 0 Å². The first-order valence-electron chi connectivity index (χ1n) is 7.11. The van der Waals surface area contributed by atoms with Crippen LogP contribution in [0.4, 0.5) is 0 Å². The summed E-state index contributed by atoms with van der Waals surface area (Å²) in [5.74, 6) is 2.05. The van der Waals surface area contributed by atoms with Crippen molar-refractivity contribution in [1.29, 1.82) is 0 Å². The molecule has 1 aromatic heterocycles. The molecule has 2 rings (SSSR count). The van der Waals surface area contributed by atoms with Gasteiger partial charge in [0.25, 0.3) is 0 Å². The Balaban J connectivity index is 2.04. The average Bonchev–Trinajstić information content (AvgIpc) is 2.84. The smallest absolute Gasteiger partial charge is 0.241 e. The van der Waals surface area contributed by atoms with Crippen LogP contribution in [0.25, 0.3) is 11.4 Å². The standard InChI is InChI=1S/C16H23N3O/c1-12(2)5-6-13-7-9-14(10-8-13)16-17-15(20-18-16)11-19(3)4/h7-10,12H,5-6,11H2,1-4H3. The molecule has 1 aromatic carbocycles. The van der Waals surface area contributed by atoms with Crippen molar-refractivity contribution in [1.82, 2.24) is 15.0 Å². The van der Waals surface area contributed by atoms with Gasteiger partial charge in [-0.1, -0.05) is 43.3 Å². The second kappa shape index (κ2) is 6.66. The molecule has 0 amide bonds. The predicted octanol–water partition coefficient (Wildman–Crippen LogP) is 3.39. The van der Waals surface area contributed by atoms with Crippen LogP contribution < -0.4 is 0 Å². The van der Waals surface area contributed by atoms with Crippen molar-refractivity contribution in [2.75, 3.05) is 14.1 Å². The first kappa shape index (κ1) is 14.7. The summed E-state index contributed by atoms with van der Waals surface area (Å²) in [6, 6.07) is 8.44. The fourth-order valence-corrected chi connectivity index (χ4v) is 1.98. The van der Waals surface area contributed by atoms with Crippen LogP contribution in [0.2, 0.25) is 0 Å². The molecule has 4 nitrogen and oxygen atoms in total. The van der Waals surface area contributed by atoms with Crippen LogP contribution >= 0.6 is 0 Å². The lowest BCUT2D eigenvalue weighted by atomic mass is 10.0. The summed E-state index contributed by atoms with van der Waals surface area (Å²) >= 11 is 0. The van der Waals surface area contributed by atoms with Gasteiger partial charge in [-0.05, 0) is 38.4 Å². The molecule has 0 bridgehead atoms. The maximum atomic E-state index is 5.24. The Hall–Kier alpha value is -1.68. The number of aromatic nitrogens is 2. The Bertz CT molecular complexity index is 529. The molecule has 1 heterocycles. The maximum Gasteiger partial charge on any atom is 0.241 e. The first-order valence-corrected chi connectivity index (χ1v) is 7.11. The summed E-state index contributed by atoms with van der Waals surface area (Å²) in [6.45, 7) is 5.17. The molecule has 0 aliphatic heterocycles. The summed E-state index contributed by atoms with van der Waals surface area (Å²) in [6.07, 6.45) is 2.34. The molecule has 0 unspecified atom stereocenters. The second-order valence-electron chi connectivity index (χ2n) is 5.88. The third-order valence-electron chi connectivity index (χ3n) is 3.14. The van der Waals surface area contributed by atoms with Gasteiger partial charge in [0.15, 0.2) is 0 Å². The fraction of sp³-hybridized carbons (Fsp3) is 0.500. The van der Waals surface area contributed by atoms with E-state index in [4.69, 9.17) is 4.52 Å². The lowest BCUT2D eigenvalue weighted by Crippen LogP contribution is -2.10. The lowest BCUT2D eigenvalue weighted by Gasteiger charge is -2.05. The van der Waals surface area contributed by atoms with Crippen molar-refractivity contribution < 1.29 is 4.52 Å². The van der Waals surface area contributed by atoms with Crippen molar-refractivity contribution in [3.8, 4) is 11.4 Å². The molecule has 0 N–H and O–H groups in total. The third kappa shape index (κ3) is 4.17. The summed E-state index contributed by atoms with van der Waals surface area (Å²) < 4.78 is 5.24. The van der Waals surface area contributed by atoms with Gasteiger partial charge in [0.1, 0.15) is 0 Å². The number of nitrogens with zero attached hydrogens (tertiary/aromatic N) is 3. The monoisotopic (exact) mass is 273 g/mol. The summed E-state index contributed by atoms with van der Waals surface area (Å²) in [5, 5.41) is 4.03. The Morgan fingerprint density at radius 1 is 1.15 bits per heavy atom. The second-order valence-corrected chi connectivity index (χ2v) is 5.88. The Kier molecular flexibility index (Phi) is 4.90. The van der Waals surface area contributed by atoms with Crippen LogP contribution in [0.1, 0.15) is 31.7 Å². The van der Waals surface area contributed by atoms with Crippen LogP contribution in [0.15, 0.2) is 28.8 Å². The Morgan fingerprint density at radius 3 is 2.45 bits per heavy atom. The van der Waals surface area contributed by atoms with Crippen molar-refractivity contribution in [3.05, 3.63) is 35.7 Å². The average molecular weight is 273 g/mol. The van der Waals surface area contributed by atoms with Crippen molar-refractivity contribution in [2.24, 2.45) is 5.92 Å². The molecular formula is C16H23N3O. The minimum atomic E-state index is 0.647. The van der Waals surface area contributed by atoms with Gasteiger partial charge >= 0.3 is 0 Å². The van der Waals surface area contributed by atoms with E-state index in [0.717, 1.165) is 17.9 Å². The van der Waals surface area contributed by atoms with Crippen LogP contribution in [0, 0.1) is 5.92 Å². The molecule has 2 aromatic rings. The Labute approximate surface area is 120 Å². The van der Waals surface area contributed by atoms with Gasteiger partial charge < -0.3 is 9.42 Å². The number of aryl methyl sites for hydroxylation is 1. The van der Waals surface area contributed by atoms with Gasteiger partial charge in [-0.3, -0.25) is 0 Å². The largest absolute Gasteiger partial charge is 0.338 e. The molecular weight excluding hydrogens is 250 g/mol. The van der Waals surface area contributed by atoms with Gasteiger partial charge in [-0.2, -0.15) is 4.98 Å². The molecule has 20 heavy (non-hydrogen) atoms. The molecule has 4 heteroatoms. The van der Waals surface area contributed by atoms with E-state index in [1.54, 1.807) is 0 Å². The number of hydrogen-bond donors (Lipinski definition) is 0. The highest BCUT2D eigenvalue weighted by molar-refractivity contribution is 5.54. The van der Waals surface area contributed by atoms with Gasteiger partial charge in [0.05, 0.1) is 6.54 Å². The number of rotatable bonds is 6. The predicted molar refractivity (Wildman–Crippen MR) is 80.3 cm³/mol. The molecule has 0 fully saturated rings. The molecule has 0 aliphatic rings. The van der Waals surface area contributed by atoms with Crippen LogP contribution in [0.3, 0.4) is 0 Å². The molecule has 0 atom stereocenters. The van der Waals surface area contributed by atoms with E-state index in [1.165, 1.54) is 12.0 Å². The highest BCUT2D eigenvalue weighted by Gasteiger charge is 2.09. The maximum absolute atomic E-state index is 5.24. The minimum Gasteiger partial charge on any atom is -0.338 e. The zero-order chi connectivity index (χ0) is 14.5. The third-order valence-corrected chi connectivity index (χ3v) is 3.14. The van der Waals surface area contributed by atoms with Crippen molar-refractivity contribution in [3.63, 3.8) is 0 Å². The van der Waals surface area contributed by atoms with Crippen LogP contribution in [-0.2, 0) is 13.0 Å².